The van der Waals surface area contributed by atoms with Crippen LogP contribution in [0.4, 0.5) is 17.1 Å². The molecule has 7 nitrogen and oxygen atoms in total. The van der Waals surface area contributed by atoms with E-state index in [1.165, 1.54) is 35.6 Å². The number of hydrogen-bond donors (Lipinski definition) is 1. The monoisotopic (exact) mass is 498 g/mol. The van der Waals surface area contributed by atoms with E-state index in [-0.39, 0.29) is 10.8 Å². The van der Waals surface area contributed by atoms with Gasteiger partial charge in [0.15, 0.2) is 0 Å². The minimum Gasteiger partial charge on any atom is -0.369 e. The molecule has 0 aliphatic carbocycles. The van der Waals surface area contributed by atoms with Gasteiger partial charge in [0.2, 0.25) is 0 Å². The zero-order valence-corrected chi connectivity index (χ0v) is 20.7. The van der Waals surface area contributed by atoms with Crippen molar-refractivity contribution >= 4 is 44.6 Å². The Morgan fingerprint density at radius 1 is 0.882 bits per heavy atom. The Hall–Kier alpha value is -3.07. The highest BCUT2D eigenvalue weighted by Crippen LogP contribution is 2.24. The van der Waals surface area contributed by atoms with E-state index >= 15 is 0 Å². The van der Waals surface area contributed by atoms with Crippen molar-refractivity contribution in [3.05, 3.63) is 83.4 Å². The Kier molecular flexibility index (Phi) is 7.11. The second-order valence-corrected chi connectivity index (χ2v) is 10.7. The predicted molar refractivity (Wildman–Crippen MR) is 138 cm³/mol. The van der Waals surface area contributed by atoms with Gasteiger partial charge in [0, 0.05) is 55.2 Å². The number of anilines is 3. The summed E-state index contributed by atoms with van der Waals surface area (Å²) in [5, 5.41) is 3.36. The van der Waals surface area contributed by atoms with Crippen molar-refractivity contribution in [1.29, 1.82) is 0 Å². The molecule has 1 amide bonds. The summed E-state index contributed by atoms with van der Waals surface area (Å²) in [6, 6.07) is 20.3. The van der Waals surface area contributed by atoms with Crippen LogP contribution in [0.5, 0.6) is 0 Å². The smallest absolute Gasteiger partial charge is 0.264 e. The van der Waals surface area contributed by atoms with Crippen molar-refractivity contribution in [3.8, 4) is 0 Å². The second kappa shape index (κ2) is 10.0. The summed E-state index contributed by atoms with van der Waals surface area (Å²) in [7, 11) is -0.142. The first-order valence-electron chi connectivity index (χ1n) is 10.9. The first-order chi connectivity index (χ1) is 16.2. The molecule has 0 aromatic heterocycles. The number of hydrogen-bond acceptors (Lipinski definition) is 5. The minimum absolute atomic E-state index is 0.140. The lowest BCUT2D eigenvalue weighted by molar-refractivity contribution is 0.102. The maximum absolute atomic E-state index is 12.9. The number of piperazine rings is 1. The topological polar surface area (TPSA) is 73.0 Å². The van der Waals surface area contributed by atoms with Gasteiger partial charge in [-0.3, -0.25) is 9.10 Å². The number of carbonyl (C=O) groups is 1. The first kappa shape index (κ1) is 24.1. The van der Waals surface area contributed by atoms with Gasteiger partial charge in [-0.15, -0.1) is 0 Å². The highest BCUT2D eigenvalue weighted by atomic mass is 35.5. The van der Waals surface area contributed by atoms with Crippen LogP contribution in [0.15, 0.2) is 77.7 Å². The lowest BCUT2D eigenvalue weighted by Gasteiger charge is -2.34. The quantitative estimate of drug-likeness (QED) is 0.552. The summed E-state index contributed by atoms with van der Waals surface area (Å²) in [6.07, 6.45) is 0. The summed E-state index contributed by atoms with van der Waals surface area (Å²) in [6.45, 7) is 4.03. The Morgan fingerprint density at radius 2 is 1.47 bits per heavy atom. The number of carbonyl (C=O) groups excluding carboxylic acids is 1. The number of benzene rings is 3. The summed E-state index contributed by atoms with van der Waals surface area (Å²) in [5.74, 6) is -0.262. The third-order valence-electron chi connectivity index (χ3n) is 5.96. The van der Waals surface area contributed by atoms with E-state index in [4.69, 9.17) is 11.6 Å². The minimum atomic E-state index is -3.74. The molecule has 34 heavy (non-hydrogen) atoms. The maximum Gasteiger partial charge on any atom is 0.264 e. The van der Waals surface area contributed by atoms with Gasteiger partial charge < -0.3 is 15.1 Å². The predicted octanol–water partition coefficient (Wildman–Crippen LogP) is 4.17. The fourth-order valence-electron chi connectivity index (χ4n) is 3.75. The SMILES string of the molecule is CN1CCN(c2ccc(NC(=O)c3ccc(N(C)S(=O)(=O)c4ccc(Cl)cc4)cc3)cc2)CC1. The normalized spacial score (nSPS) is 14.6. The van der Waals surface area contributed by atoms with Gasteiger partial charge in [0.25, 0.3) is 15.9 Å². The molecule has 0 atom stereocenters. The van der Waals surface area contributed by atoms with Crippen LogP contribution in [-0.4, -0.2) is 59.5 Å². The zero-order chi connectivity index (χ0) is 24.3. The van der Waals surface area contributed by atoms with Crippen molar-refractivity contribution in [1.82, 2.24) is 4.90 Å². The van der Waals surface area contributed by atoms with Gasteiger partial charge in [0.05, 0.1) is 10.6 Å². The van der Waals surface area contributed by atoms with E-state index in [9.17, 15) is 13.2 Å². The van der Waals surface area contributed by atoms with Crippen LogP contribution in [0.1, 0.15) is 10.4 Å². The molecule has 9 heteroatoms. The molecule has 0 spiro atoms. The summed E-state index contributed by atoms with van der Waals surface area (Å²) >= 11 is 5.86. The van der Waals surface area contributed by atoms with Gasteiger partial charge in [-0.1, -0.05) is 11.6 Å². The summed E-state index contributed by atoms with van der Waals surface area (Å²) in [4.78, 5) is 17.5. The average Bonchev–Trinajstić information content (AvgIpc) is 2.85. The lowest BCUT2D eigenvalue weighted by atomic mass is 10.2. The molecule has 1 aliphatic heterocycles. The largest absolute Gasteiger partial charge is 0.369 e. The maximum atomic E-state index is 12.9. The number of nitrogens with one attached hydrogen (secondary N) is 1. The molecule has 4 rings (SSSR count). The summed E-state index contributed by atoms with van der Waals surface area (Å²) in [5.41, 5.74) is 2.72. The average molecular weight is 499 g/mol. The fourth-order valence-corrected chi connectivity index (χ4v) is 5.07. The number of halogens is 1. The molecule has 0 unspecified atom stereocenters. The molecule has 178 valence electrons. The van der Waals surface area contributed by atoms with Crippen molar-refractivity contribution < 1.29 is 13.2 Å². The van der Waals surface area contributed by atoms with Crippen LogP contribution in [0.3, 0.4) is 0 Å². The van der Waals surface area contributed by atoms with Crippen LogP contribution in [0, 0.1) is 0 Å². The van der Waals surface area contributed by atoms with E-state index in [1.54, 1.807) is 24.3 Å². The molecule has 1 saturated heterocycles. The van der Waals surface area contributed by atoms with Gasteiger partial charge in [-0.25, -0.2) is 8.42 Å². The van der Waals surface area contributed by atoms with Gasteiger partial charge in [-0.2, -0.15) is 0 Å². The molecular weight excluding hydrogens is 472 g/mol. The highest BCUT2D eigenvalue weighted by molar-refractivity contribution is 7.92. The fraction of sp³-hybridized carbons (Fsp3) is 0.240. The van der Waals surface area contributed by atoms with Gasteiger partial charge in [0.1, 0.15) is 0 Å². The molecule has 1 fully saturated rings. The van der Waals surface area contributed by atoms with Crippen molar-refractivity contribution in [3.63, 3.8) is 0 Å². The Morgan fingerprint density at radius 3 is 2.06 bits per heavy atom. The number of sulfonamides is 1. The van der Waals surface area contributed by atoms with Gasteiger partial charge in [-0.05, 0) is 79.8 Å². The number of likely N-dealkylation sites (N-methyl/N-ethyl adjacent to an activating group) is 1. The molecule has 1 aliphatic rings. The van der Waals surface area contributed by atoms with Gasteiger partial charge >= 0.3 is 0 Å². The van der Waals surface area contributed by atoms with Crippen LogP contribution in [0.25, 0.3) is 0 Å². The third-order valence-corrected chi connectivity index (χ3v) is 8.01. The molecule has 0 bridgehead atoms. The zero-order valence-electron chi connectivity index (χ0n) is 19.1. The Labute approximate surface area is 205 Å². The molecule has 3 aromatic carbocycles. The molecule has 3 aromatic rings. The molecule has 1 heterocycles. The highest BCUT2D eigenvalue weighted by Gasteiger charge is 2.21. The second-order valence-electron chi connectivity index (χ2n) is 8.26. The lowest BCUT2D eigenvalue weighted by Crippen LogP contribution is -2.44. The van der Waals surface area contributed by atoms with E-state index in [0.29, 0.717) is 22.0 Å². The van der Waals surface area contributed by atoms with E-state index in [0.717, 1.165) is 31.9 Å². The summed E-state index contributed by atoms with van der Waals surface area (Å²) < 4.78 is 26.9. The van der Waals surface area contributed by atoms with Crippen LogP contribution in [-0.2, 0) is 10.0 Å². The van der Waals surface area contributed by atoms with Crippen LogP contribution in [0.2, 0.25) is 5.02 Å². The molecule has 1 N–H and O–H groups in total. The van der Waals surface area contributed by atoms with Crippen LogP contribution >= 0.6 is 11.6 Å². The van der Waals surface area contributed by atoms with Crippen molar-refractivity contribution in [2.24, 2.45) is 0 Å². The Balaban J connectivity index is 1.40. The van der Waals surface area contributed by atoms with E-state index < -0.39 is 10.0 Å². The third kappa shape index (κ3) is 5.35. The first-order valence-corrected chi connectivity index (χ1v) is 12.8. The van der Waals surface area contributed by atoms with E-state index in [1.807, 2.05) is 24.3 Å². The molecular formula is C25H27ClN4O3S. The number of amides is 1. The standard InChI is InChI=1S/C25H27ClN4O3S/c1-28-15-17-30(18-16-28)23-11-7-21(8-12-23)27-25(31)19-3-9-22(10-4-19)29(2)34(32,33)24-13-5-20(26)6-14-24/h3-14H,15-18H2,1-2H3,(H,27,31). The number of nitrogens with zero attached hydrogens (tertiary/aromatic N) is 3. The van der Waals surface area contributed by atoms with Crippen LogP contribution < -0.4 is 14.5 Å². The molecule has 0 saturated carbocycles. The van der Waals surface area contributed by atoms with Crippen molar-refractivity contribution in [2.45, 2.75) is 4.90 Å². The molecule has 0 radical (unpaired) electrons. The number of rotatable bonds is 6. The van der Waals surface area contributed by atoms with E-state index in [2.05, 4.69) is 22.2 Å². The van der Waals surface area contributed by atoms with Crippen molar-refractivity contribution in [2.75, 3.05) is 54.8 Å². The Bertz CT molecular complexity index is 1240.